The molecular weight excluding hydrogens is 314 g/mol. The Kier molecular flexibility index (Phi) is 5.15. The highest BCUT2D eigenvalue weighted by Crippen LogP contribution is 2.23. The molecule has 1 aromatic carbocycles. The Labute approximate surface area is 148 Å². The van der Waals surface area contributed by atoms with E-state index in [9.17, 15) is 4.79 Å². The Bertz CT molecular complexity index is 793. The van der Waals surface area contributed by atoms with Crippen molar-refractivity contribution in [3.8, 4) is 0 Å². The predicted molar refractivity (Wildman–Crippen MR) is 100 cm³/mol. The number of pyridine rings is 1. The van der Waals surface area contributed by atoms with Gasteiger partial charge in [-0.25, -0.2) is 0 Å². The highest BCUT2D eigenvalue weighted by Gasteiger charge is 2.16. The number of ether oxygens (including phenoxy) is 1. The molecule has 0 bridgehead atoms. The van der Waals surface area contributed by atoms with Gasteiger partial charge in [0.05, 0.1) is 18.7 Å². The summed E-state index contributed by atoms with van der Waals surface area (Å²) in [7, 11) is 0. The van der Waals surface area contributed by atoms with E-state index >= 15 is 0 Å². The molecule has 2 aliphatic heterocycles. The van der Waals surface area contributed by atoms with Gasteiger partial charge in [0, 0.05) is 31.7 Å². The first-order valence-electron chi connectivity index (χ1n) is 9.48. The number of para-hydroxylation sites is 1. The lowest BCUT2D eigenvalue weighted by Crippen LogP contribution is -2.37. The first-order valence-corrected chi connectivity index (χ1v) is 9.48. The minimum absolute atomic E-state index is 0.181. The highest BCUT2D eigenvalue weighted by molar-refractivity contribution is 5.83. The molecule has 134 valence electrons. The Balaban J connectivity index is 1.39. The molecular formula is C20H27N3O2. The van der Waals surface area contributed by atoms with Crippen LogP contribution in [0.1, 0.15) is 24.0 Å². The van der Waals surface area contributed by atoms with Gasteiger partial charge in [-0.2, -0.15) is 0 Å². The molecule has 1 aromatic heterocycles. The summed E-state index contributed by atoms with van der Waals surface area (Å²) in [5.74, 6) is 0. The van der Waals surface area contributed by atoms with E-state index in [2.05, 4.69) is 34.5 Å². The first kappa shape index (κ1) is 16.8. The van der Waals surface area contributed by atoms with Crippen molar-refractivity contribution in [2.24, 2.45) is 0 Å². The van der Waals surface area contributed by atoms with Gasteiger partial charge in [0.2, 0.25) is 0 Å². The molecule has 25 heavy (non-hydrogen) atoms. The van der Waals surface area contributed by atoms with Gasteiger partial charge in [-0.1, -0.05) is 18.2 Å². The molecule has 5 nitrogen and oxygen atoms in total. The van der Waals surface area contributed by atoms with Gasteiger partial charge in [0.25, 0.3) is 5.56 Å². The number of hydrogen-bond donors (Lipinski definition) is 1. The minimum atomic E-state index is 0.181. The highest BCUT2D eigenvalue weighted by atomic mass is 16.5. The predicted octanol–water partition coefficient (Wildman–Crippen LogP) is 1.76. The van der Waals surface area contributed by atoms with Crippen LogP contribution in [-0.2, 0) is 24.2 Å². The summed E-state index contributed by atoms with van der Waals surface area (Å²) in [6, 6.07) is 8.47. The molecule has 0 amide bonds. The summed E-state index contributed by atoms with van der Waals surface area (Å²) in [5, 5.41) is 4.66. The average Bonchev–Trinajstić information content (AvgIpc) is 2.66. The molecule has 0 spiro atoms. The van der Waals surface area contributed by atoms with Crippen LogP contribution in [-0.4, -0.2) is 48.9 Å². The topological polar surface area (TPSA) is 46.5 Å². The van der Waals surface area contributed by atoms with Gasteiger partial charge in [-0.3, -0.25) is 9.69 Å². The average molecular weight is 341 g/mol. The van der Waals surface area contributed by atoms with E-state index in [0.29, 0.717) is 6.54 Å². The quantitative estimate of drug-likeness (QED) is 0.814. The van der Waals surface area contributed by atoms with Crippen LogP contribution < -0.4 is 10.9 Å². The number of nitrogens with zero attached hydrogens (tertiary/aromatic N) is 2. The Morgan fingerprint density at radius 1 is 1.16 bits per heavy atom. The lowest BCUT2D eigenvalue weighted by atomic mass is 10.00. The molecule has 4 rings (SSSR count). The van der Waals surface area contributed by atoms with Crippen LogP contribution in [0.3, 0.4) is 0 Å². The molecule has 2 aromatic rings. The lowest BCUT2D eigenvalue weighted by molar-refractivity contribution is 0.0374. The van der Waals surface area contributed by atoms with Crippen LogP contribution in [0.5, 0.6) is 0 Å². The summed E-state index contributed by atoms with van der Waals surface area (Å²) < 4.78 is 7.36. The zero-order valence-corrected chi connectivity index (χ0v) is 14.8. The van der Waals surface area contributed by atoms with Crippen LogP contribution in [0.2, 0.25) is 0 Å². The van der Waals surface area contributed by atoms with Gasteiger partial charge >= 0.3 is 0 Å². The van der Waals surface area contributed by atoms with Gasteiger partial charge in [-0.05, 0) is 49.4 Å². The van der Waals surface area contributed by atoms with Crippen molar-refractivity contribution in [2.75, 3.05) is 39.4 Å². The standard InChI is InChI=1S/C20H27N3O2/c24-20-18(15-21-7-3-8-22-10-12-25-13-11-22)14-17-5-1-4-16-6-2-9-23(20)19(16)17/h1,4-5,14,21H,2-3,6-13,15H2. The number of aryl methyl sites for hydroxylation is 2. The van der Waals surface area contributed by atoms with Crippen molar-refractivity contribution in [2.45, 2.75) is 32.4 Å². The Morgan fingerprint density at radius 2 is 2.04 bits per heavy atom. The summed E-state index contributed by atoms with van der Waals surface area (Å²) in [6.45, 7) is 7.32. The molecule has 3 heterocycles. The maximum atomic E-state index is 12.8. The van der Waals surface area contributed by atoms with E-state index in [1.54, 1.807) is 0 Å². The van der Waals surface area contributed by atoms with Crippen molar-refractivity contribution in [3.63, 3.8) is 0 Å². The Morgan fingerprint density at radius 3 is 2.92 bits per heavy atom. The fourth-order valence-electron chi connectivity index (χ4n) is 4.03. The van der Waals surface area contributed by atoms with E-state index in [-0.39, 0.29) is 5.56 Å². The van der Waals surface area contributed by atoms with Crippen LogP contribution in [0, 0.1) is 0 Å². The summed E-state index contributed by atoms with van der Waals surface area (Å²) in [5.41, 5.74) is 3.53. The maximum Gasteiger partial charge on any atom is 0.255 e. The fraction of sp³-hybridized carbons (Fsp3) is 0.550. The van der Waals surface area contributed by atoms with E-state index < -0.39 is 0 Å². The SMILES string of the molecule is O=c1c(CNCCCN2CCOCC2)cc2cccc3c2n1CCC3. The minimum Gasteiger partial charge on any atom is -0.379 e. The molecule has 0 aliphatic carbocycles. The second-order valence-electron chi connectivity index (χ2n) is 7.07. The van der Waals surface area contributed by atoms with Crippen molar-refractivity contribution in [1.82, 2.24) is 14.8 Å². The number of aromatic nitrogens is 1. The number of rotatable bonds is 6. The zero-order chi connectivity index (χ0) is 17.1. The largest absolute Gasteiger partial charge is 0.379 e. The van der Waals surface area contributed by atoms with Crippen molar-refractivity contribution >= 4 is 10.9 Å². The fourth-order valence-corrected chi connectivity index (χ4v) is 4.03. The van der Waals surface area contributed by atoms with Crippen LogP contribution in [0.4, 0.5) is 0 Å². The van der Waals surface area contributed by atoms with Gasteiger partial charge in [0.1, 0.15) is 0 Å². The third kappa shape index (κ3) is 3.64. The molecule has 0 saturated carbocycles. The van der Waals surface area contributed by atoms with E-state index in [0.717, 1.165) is 76.3 Å². The van der Waals surface area contributed by atoms with E-state index in [4.69, 9.17) is 4.74 Å². The molecule has 0 atom stereocenters. The second-order valence-corrected chi connectivity index (χ2v) is 7.07. The molecule has 1 N–H and O–H groups in total. The third-order valence-electron chi connectivity index (χ3n) is 5.35. The molecule has 1 fully saturated rings. The molecule has 5 heteroatoms. The maximum absolute atomic E-state index is 12.8. The van der Waals surface area contributed by atoms with Crippen LogP contribution in [0.15, 0.2) is 29.1 Å². The zero-order valence-electron chi connectivity index (χ0n) is 14.8. The van der Waals surface area contributed by atoms with Crippen LogP contribution in [0.25, 0.3) is 10.9 Å². The summed E-state index contributed by atoms with van der Waals surface area (Å²) >= 11 is 0. The van der Waals surface area contributed by atoms with Crippen molar-refractivity contribution in [3.05, 3.63) is 45.7 Å². The number of morpholine rings is 1. The smallest absolute Gasteiger partial charge is 0.255 e. The number of hydrogen-bond acceptors (Lipinski definition) is 4. The monoisotopic (exact) mass is 341 g/mol. The first-order chi connectivity index (χ1) is 12.3. The molecule has 0 radical (unpaired) electrons. The van der Waals surface area contributed by atoms with Gasteiger partial charge in [0.15, 0.2) is 0 Å². The van der Waals surface area contributed by atoms with Crippen molar-refractivity contribution < 1.29 is 4.74 Å². The number of benzene rings is 1. The molecule has 0 unspecified atom stereocenters. The van der Waals surface area contributed by atoms with Crippen molar-refractivity contribution in [1.29, 1.82) is 0 Å². The summed E-state index contributed by atoms with van der Waals surface area (Å²) in [4.78, 5) is 15.3. The molecule has 2 aliphatic rings. The van der Waals surface area contributed by atoms with Gasteiger partial charge in [-0.15, -0.1) is 0 Å². The Hall–Kier alpha value is -1.69. The number of nitrogens with one attached hydrogen (secondary N) is 1. The summed E-state index contributed by atoms with van der Waals surface area (Å²) in [6.07, 6.45) is 3.24. The normalized spacial score (nSPS) is 17.9. The van der Waals surface area contributed by atoms with E-state index in [1.807, 2.05) is 4.57 Å². The van der Waals surface area contributed by atoms with E-state index in [1.165, 1.54) is 10.9 Å². The second kappa shape index (κ2) is 7.68. The van der Waals surface area contributed by atoms with Gasteiger partial charge < -0.3 is 14.6 Å². The lowest BCUT2D eigenvalue weighted by Gasteiger charge is -2.26. The molecule has 1 saturated heterocycles. The third-order valence-corrected chi connectivity index (χ3v) is 5.35. The van der Waals surface area contributed by atoms with Crippen LogP contribution >= 0.6 is 0 Å².